The van der Waals surface area contributed by atoms with Crippen LogP contribution in [0.15, 0.2) is 31.2 Å². The molecule has 0 bridgehead atoms. The first-order valence-corrected chi connectivity index (χ1v) is 7.45. The van der Waals surface area contributed by atoms with Crippen molar-refractivity contribution in [3.8, 4) is 0 Å². The predicted octanol–water partition coefficient (Wildman–Crippen LogP) is 4.76. The Morgan fingerprint density at radius 2 is 2.20 bits per heavy atom. The van der Waals surface area contributed by atoms with Gasteiger partial charge in [-0.05, 0) is 49.4 Å². The highest BCUT2D eigenvalue weighted by atomic mass is 79.9. The number of halogens is 2. The van der Waals surface area contributed by atoms with Crippen molar-refractivity contribution in [2.75, 3.05) is 0 Å². The van der Waals surface area contributed by atoms with Gasteiger partial charge in [0.05, 0.1) is 7.57 Å². The molecule has 5 heteroatoms. The molecule has 2 aromatic rings. The number of Topliss-reactive ketones (excluding diaryl/α,β-unsaturated/α-hetero) is 1. The second kappa shape index (κ2) is 4.91. The minimum Gasteiger partial charge on any atom is -0.294 e. The average molecular weight is 366 g/mol. The van der Waals surface area contributed by atoms with E-state index in [9.17, 15) is 4.79 Å². The molecule has 0 spiro atoms. The quantitative estimate of drug-likeness (QED) is 0.716. The molecule has 0 aromatic carbocycles. The Bertz CT molecular complexity index is 474. The molecule has 0 N–H and O–H groups in total. The van der Waals surface area contributed by atoms with Gasteiger partial charge in [-0.1, -0.05) is 6.07 Å². The third-order valence-corrected chi connectivity index (χ3v) is 5.09. The summed E-state index contributed by atoms with van der Waals surface area (Å²) in [6.45, 7) is 0. The molecule has 1 nitrogen and oxygen atoms in total. The van der Waals surface area contributed by atoms with Gasteiger partial charge in [0, 0.05) is 16.9 Å². The molecule has 0 saturated carbocycles. The molecule has 0 fully saturated rings. The van der Waals surface area contributed by atoms with Crippen molar-refractivity contribution >= 4 is 60.3 Å². The summed E-state index contributed by atoms with van der Waals surface area (Å²) >= 11 is 9.90. The van der Waals surface area contributed by atoms with Gasteiger partial charge in [0.1, 0.15) is 0 Å². The zero-order valence-electron chi connectivity index (χ0n) is 7.50. The summed E-state index contributed by atoms with van der Waals surface area (Å²) in [5, 5.41) is 1.99. The first-order chi connectivity index (χ1) is 7.16. The van der Waals surface area contributed by atoms with E-state index >= 15 is 0 Å². The summed E-state index contributed by atoms with van der Waals surface area (Å²) in [6.07, 6.45) is 0.486. The monoisotopic (exact) mass is 364 g/mol. The normalized spacial score (nSPS) is 10.5. The molecule has 2 rings (SSSR count). The number of thiophene rings is 2. The lowest BCUT2D eigenvalue weighted by Gasteiger charge is -1.96. The first-order valence-electron chi connectivity index (χ1n) is 4.17. The van der Waals surface area contributed by atoms with Crippen molar-refractivity contribution in [1.82, 2.24) is 0 Å². The van der Waals surface area contributed by atoms with Crippen molar-refractivity contribution < 1.29 is 4.79 Å². The van der Waals surface area contributed by atoms with Crippen LogP contribution in [0.1, 0.15) is 15.2 Å². The molecule has 0 saturated heterocycles. The van der Waals surface area contributed by atoms with E-state index in [1.165, 1.54) is 11.3 Å². The minimum absolute atomic E-state index is 0.159. The number of hydrogen-bond acceptors (Lipinski definition) is 3. The van der Waals surface area contributed by atoms with Crippen molar-refractivity contribution in [3.05, 3.63) is 41.6 Å². The lowest BCUT2D eigenvalue weighted by Crippen LogP contribution is -2.00. The van der Waals surface area contributed by atoms with Crippen LogP contribution in [0.5, 0.6) is 0 Å². The lowest BCUT2D eigenvalue weighted by atomic mass is 10.1. The maximum Gasteiger partial charge on any atom is 0.170 e. The van der Waals surface area contributed by atoms with Crippen LogP contribution in [0.25, 0.3) is 0 Å². The van der Waals surface area contributed by atoms with Gasteiger partial charge in [-0.25, -0.2) is 0 Å². The fourth-order valence-corrected chi connectivity index (χ4v) is 4.76. The highest BCUT2D eigenvalue weighted by Gasteiger charge is 2.14. The van der Waals surface area contributed by atoms with Gasteiger partial charge in [-0.15, -0.1) is 22.7 Å². The third-order valence-electron chi connectivity index (χ3n) is 1.87. The number of ketones is 1. The Morgan fingerprint density at radius 1 is 1.40 bits per heavy atom. The van der Waals surface area contributed by atoms with E-state index in [1.807, 2.05) is 23.6 Å². The van der Waals surface area contributed by atoms with Crippen LogP contribution in [0.3, 0.4) is 0 Å². The second-order valence-corrected chi connectivity index (χ2v) is 7.70. The predicted molar refractivity (Wildman–Crippen MR) is 72.1 cm³/mol. The highest BCUT2D eigenvalue weighted by Crippen LogP contribution is 2.32. The first kappa shape index (κ1) is 11.5. The number of carbonyl (C=O) groups is 1. The number of rotatable bonds is 3. The molecule has 0 amide bonds. The van der Waals surface area contributed by atoms with E-state index in [2.05, 4.69) is 31.9 Å². The molecule has 78 valence electrons. The molecule has 2 aromatic heterocycles. The summed E-state index contributed by atoms with van der Waals surface area (Å²) in [5.74, 6) is 0.159. The topological polar surface area (TPSA) is 17.1 Å². The van der Waals surface area contributed by atoms with Gasteiger partial charge in [0.15, 0.2) is 5.78 Å². The SMILES string of the molecule is O=C(Cc1cccs1)c1cc(Br)sc1Br. The standard InChI is InChI=1S/C10H6Br2OS2/c11-9-5-7(10(12)15-9)8(13)4-6-2-1-3-14-6/h1-3,5H,4H2. The molecule has 2 heterocycles. The van der Waals surface area contributed by atoms with E-state index in [0.29, 0.717) is 6.42 Å². The van der Waals surface area contributed by atoms with Crippen LogP contribution < -0.4 is 0 Å². The largest absolute Gasteiger partial charge is 0.294 e. The average Bonchev–Trinajstić information content (AvgIpc) is 2.75. The summed E-state index contributed by atoms with van der Waals surface area (Å²) in [7, 11) is 0. The Morgan fingerprint density at radius 3 is 2.73 bits per heavy atom. The molecule has 0 radical (unpaired) electrons. The van der Waals surface area contributed by atoms with Gasteiger partial charge < -0.3 is 0 Å². The Balaban J connectivity index is 2.18. The van der Waals surface area contributed by atoms with Crippen LogP contribution in [0, 0.1) is 0 Å². The van der Waals surface area contributed by atoms with Crippen LogP contribution in [-0.4, -0.2) is 5.78 Å². The Kier molecular flexibility index (Phi) is 3.77. The number of carbonyl (C=O) groups excluding carboxylic acids is 1. The summed E-state index contributed by atoms with van der Waals surface area (Å²) < 4.78 is 1.87. The Labute approximate surface area is 112 Å². The van der Waals surface area contributed by atoms with Gasteiger partial charge in [0.2, 0.25) is 0 Å². The van der Waals surface area contributed by atoms with Crippen molar-refractivity contribution in [2.45, 2.75) is 6.42 Å². The Hall–Kier alpha value is 0.0300. The van der Waals surface area contributed by atoms with Gasteiger partial charge in [-0.3, -0.25) is 4.79 Å². The second-order valence-electron chi connectivity index (χ2n) is 2.92. The fraction of sp³-hybridized carbons (Fsp3) is 0.100. The molecule has 0 aliphatic carbocycles. The zero-order valence-corrected chi connectivity index (χ0v) is 12.3. The van der Waals surface area contributed by atoms with Crippen molar-refractivity contribution in [2.24, 2.45) is 0 Å². The number of hydrogen-bond donors (Lipinski definition) is 0. The fourth-order valence-electron chi connectivity index (χ4n) is 1.20. The maximum absolute atomic E-state index is 11.9. The molecule has 0 atom stereocenters. The summed E-state index contributed by atoms with van der Waals surface area (Å²) in [4.78, 5) is 13.0. The maximum atomic E-state index is 11.9. The van der Waals surface area contributed by atoms with E-state index < -0.39 is 0 Å². The molecule has 15 heavy (non-hydrogen) atoms. The summed E-state index contributed by atoms with van der Waals surface area (Å²) in [6, 6.07) is 5.81. The lowest BCUT2D eigenvalue weighted by molar-refractivity contribution is 0.0993. The molecule has 0 aliphatic heterocycles. The van der Waals surface area contributed by atoms with E-state index in [-0.39, 0.29) is 5.78 Å². The van der Waals surface area contributed by atoms with E-state index in [0.717, 1.165) is 18.0 Å². The molecular formula is C10H6Br2OS2. The van der Waals surface area contributed by atoms with Gasteiger partial charge in [0.25, 0.3) is 0 Å². The molecule has 0 aliphatic rings. The third kappa shape index (κ3) is 2.78. The van der Waals surface area contributed by atoms with Crippen molar-refractivity contribution in [1.29, 1.82) is 0 Å². The van der Waals surface area contributed by atoms with E-state index in [4.69, 9.17) is 0 Å². The highest BCUT2D eigenvalue weighted by molar-refractivity contribution is 9.12. The molecular weight excluding hydrogens is 360 g/mol. The van der Waals surface area contributed by atoms with Gasteiger partial charge in [-0.2, -0.15) is 0 Å². The minimum atomic E-state index is 0.159. The van der Waals surface area contributed by atoms with Gasteiger partial charge >= 0.3 is 0 Å². The van der Waals surface area contributed by atoms with Crippen LogP contribution in [0.2, 0.25) is 0 Å². The van der Waals surface area contributed by atoms with Crippen LogP contribution in [0.4, 0.5) is 0 Å². The molecule has 0 unspecified atom stereocenters. The smallest absolute Gasteiger partial charge is 0.170 e. The van der Waals surface area contributed by atoms with E-state index in [1.54, 1.807) is 11.3 Å². The van der Waals surface area contributed by atoms with Crippen LogP contribution in [-0.2, 0) is 6.42 Å². The summed E-state index contributed by atoms with van der Waals surface area (Å²) in [5.41, 5.74) is 0.764. The van der Waals surface area contributed by atoms with Crippen LogP contribution >= 0.6 is 54.5 Å². The zero-order chi connectivity index (χ0) is 10.8. The van der Waals surface area contributed by atoms with Crippen molar-refractivity contribution in [3.63, 3.8) is 0 Å².